The molecular formula is C13H17N3O2S. The smallest absolute Gasteiger partial charge is 0.319 e. The van der Waals surface area contributed by atoms with Crippen molar-refractivity contribution in [2.75, 3.05) is 11.9 Å². The van der Waals surface area contributed by atoms with Crippen molar-refractivity contribution in [1.82, 2.24) is 9.88 Å². The topological polar surface area (TPSA) is 63.1 Å². The van der Waals surface area contributed by atoms with Crippen molar-refractivity contribution in [2.45, 2.75) is 26.8 Å². The molecule has 2 amide bonds. The first-order valence-electron chi connectivity index (χ1n) is 6.34. The van der Waals surface area contributed by atoms with Gasteiger partial charge in [0.1, 0.15) is 0 Å². The van der Waals surface area contributed by atoms with Crippen LogP contribution in [0.15, 0.2) is 23.0 Å². The summed E-state index contributed by atoms with van der Waals surface area (Å²) < 4.78 is 2.61. The second kappa shape index (κ2) is 5.88. The van der Waals surface area contributed by atoms with Gasteiger partial charge in [-0.05, 0) is 31.5 Å². The van der Waals surface area contributed by atoms with Crippen LogP contribution in [0.4, 0.5) is 10.5 Å². The molecule has 0 unspecified atom stereocenters. The zero-order valence-corrected chi connectivity index (χ0v) is 11.8. The van der Waals surface area contributed by atoms with Gasteiger partial charge in [0.15, 0.2) is 0 Å². The van der Waals surface area contributed by atoms with Gasteiger partial charge in [-0.2, -0.15) is 0 Å². The highest BCUT2D eigenvalue weighted by atomic mass is 32.1. The Hall–Kier alpha value is -1.82. The molecule has 2 rings (SSSR count). The Balaban J connectivity index is 2.22. The van der Waals surface area contributed by atoms with Crippen LogP contribution < -0.4 is 15.5 Å². The molecule has 6 heteroatoms. The molecule has 0 aliphatic carbocycles. The van der Waals surface area contributed by atoms with E-state index in [1.54, 1.807) is 4.57 Å². The van der Waals surface area contributed by atoms with Crippen LogP contribution >= 0.6 is 11.3 Å². The molecule has 5 nitrogen and oxygen atoms in total. The molecule has 1 aromatic carbocycles. The second-order valence-electron chi connectivity index (χ2n) is 4.18. The number of urea groups is 1. The summed E-state index contributed by atoms with van der Waals surface area (Å²) in [5.41, 5.74) is 1.61. The van der Waals surface area contributed by atoms with Crippen molar-refractivity contribution in [2.24, 2.45) is 0 Å². The van der Waals surface area contributed by atoms with Gasteiger partial charge in [0.05, 0.1) is 10.2 Å². The molecule has 0 saturated carbocycles. The van der Waals surface area contributed by atoms with Crippen molar-refractivity contribution in [1.29, 1.82) is 0 Å². The number of rotatable bonds is 4. The predicted molar refractivity (Wildman–Crippen MR) is 79.1 cm³/mol. The summed E-state index contributed by atoms with van der Waals surface area (Å²) in [7, 11) is 0. The Bertz CT molecular complexity index is 645. The minimum atomic E-state index is -0.219. The number of fused-ring (bicyclic) bond motifs is 1. The molecule has 19 heavy (non-hydrogen) atoms. The Labute approximate surface area is 115 Å². The highest BCUT2D eigenvalue weighted by Crippen LogP contribution is 2.21. The predicted octanol–water partition coefficient (Wildman–Crippen LogP) is 2.61. The number of amides is 2. The van der Waals surface area contributed by atoms with Crippen molar-refractivity contribution >= 4 is 33.3 Å². The minimum absolute atomic E-state index is 0.0325. The van der Waals surface area contributed by atoms with Crippen LogP contribution in [-0.4, -0.2) is 17.1 Å². The largest absolute Gasteiger partial charge is 0.338 e. The van der Waals surface area contributed by atoms with E-state index in [0.717, 1.165) is 16.6 Å². The third-order valence-corrected chi connectivity index (χ3v) is 3.72. The van der Waals surface area contributed by atoms with Crippen molar-refractivity contribution in [3.63, 3.8) is 0 Å². The molecule has 0 atom stereocenters. The van der Waals surface area contributed by atoms with E-state index in [2.05, 4.69) is 10.6 Å². The van der Waals surface area contributed by atoms with E-state index in [4.69, 9.17) is 0 Å². The van der Waals surface area contributed by atoms with Crippen LogP contribution in [0, 0.1) is 0 Å². The molecule has 1 aromatic heterocycles. The van der Waals surface area contributed by atoms with Gasteiger partial charge in [0, 0.05) is 18.8 Å². The minimum Gasteiger partial charge on any atom is -0.338 e. The molecule has 0 bridgehead atoms. The Morgan fingerprint density at radius 2 is 2.16 bits per heavy atom. The van der Waals surface area contributed by atoms with Gasteiger partial charge in [-0.25, -0.2) is 4.79 Å². The number of nitrogens with one attached hydrogen (secondary N) is 2. The SMILES string of the molecule is CCCNC(=O)Nc1ccc2c(c1)sc(=O)n2CC. The number of aryl methyl sites for hydroxylation is 1. The number of carbonyl (C=O) groups is 1. The number of hydrogen-bond acceptors (Lipinski definition) is 3. The summed E-state index contributed by atoms with van der Waals surface area (Å²) in [5, 5.41) is 5.50. The highest BCUT2D eigenvalue weighted by Gasteiger charge is 2.07. The average Bonchev–Trinajstić information content (AvgIpc) is 2.70. The van der Waals surface area contributed by atoms with Gasteiger partial charge in [0.25, 0.3) is 0 Å². The highest BCUT2D eigenvalue weighted by molar-refractivity contribution is 7.16. The van der Waals surface area contributed by atoms with E-state index in [1.165, 1.54) is 11.3 Å². The van der Waals surface area contributed by atoms with Gasteiger partial charge >= 0.3 is 10.9 Å². The van der Waals surface area contributed by atoms with Crippen molar-refractivity contribution in [3.05, 3.63) is 27.9 Å². The average molecular weight is 279 g/mol. The van der Waals surface area contributed by atoms with Gasteiger partial charge in [-0.15, -0.1) is 0 Å². The van der Waals surface area contributed by atoms with Crippen LogP contribution in [0.5, 0.6) is 0 Å². The number of thiazole rings is 1. The lowest BCUT2D eigenvalue weighted by Gasteiger charge is -2.06. The first-order chi connectivity index (χ1) is 9.15. The lowest BCUT2D eigenvalue weighted by Crippen LogP contribution is -2.29. The Morgan fingerprint density at radius 1 is 1.37 bits per heavy atom. The molecular weight excluding hydrogens is 262 g/mol. The maximum atomic E-state index is 11.7. The Kier molecular flexibility index (Phi) is 4.21. The second-order valence-corrected chi connectivity index (χ2v) is 5.17. The first kappa shape index (κ1) is 13.6. The molecule has 0 saturated heterocycles. The number of benzene rings is 1. The van der Waals surface area contributed by atoms with E-state index in [9.17, 15) is 9.59 Å². The standard InChI is InChI=1S/C13H17N3O2S/c1-3-7-14-12(17)15-9-5-6-10-11(8-9)19-13(18)16(10)4-2/h5-6,8H,3-4,7H2,1-2H3,(H2,14,15,17). The monoisotopic (exact) mass is 279 g/mol. The summed E-state index contributed by atoms with van der Waals surface area (Å²) in [6.45, 7) is 5.24. The number of hydrogen-bond donors (Lipinski definition) is 2. The lowest BCUT2D eigenvalue weighted by molar-refractivity contribution is 0.252. The van der Waals surface area contributed by atoms with E-state index in [0.29, 0.717) is 18.8 Å². The summed E-state index contributed by atoms with van der Waals surface area (Å²) in [5.74, 6) is 0. The third-order valence-electron chi connectivity index (χ3n) is 2.78. The zero-order chi connectivity index (χ0) is 13.8. The normalized spacial score (nSPS) is 10.6. The third kappa shape index (κ3) is 2.96. The fourth-order valence-electron chi connectivity index (χ4n) is 1.86. The lowest BCUT2D eigenvalue weighted by atomic mass is 10.3. The van der Waals surface area contributed by atoms with Crippen LogP contribution in [0.25, 0.3) is 10.2 Å². The fraction of sp³-hybridized carbons (Fsp3) is 0.385. The molecule has 0 radical (unpaired) electrons. The van der Waals surface area contributed by atoms with Crippen LogP contribution in [-0.2, 0) is 6.54 Å². The molecule has 102 valence electrons. The van der Waals surface area contributed by atoms with E-state index in [-0.39, 0.29) is 10.9 Å². The van der Waals surface area contributed by atoms with Crippen LogP contribution in [0.2, 0.25) is 0 Å². The molecule has 0 spiro atoms. The molecule has 2 N–H and O–H groups in total. The van der Waals surface area contributed by atoms with Crippen LogP contribution in [0.1, 0.15) is 20.3 Å². The maximum Gasteiger partial charge on any atom is 0.319 e. The van der Waals surface area contributed by atoms with Crippen molar-refractivity contribution < 1.29 is 4.79 Å². The Morgan fingerprint density at radius 3 is 2.84 bits per heavy atom. The summed E-state index contributed by atoms with van der Waals surface area (Å²) in [6, 6.07) is 5.29. The van der Waals surface area contributed by atoms with Gasteiger partial charge in [-0.3, -0.25) is 9.36 Å². The molecule has 0 aliphatic heterocycles. The van der Waals surface area contributed by atoms with Crippen LogP contribution in [0.3, 0.4) is 0 Å². The quantitative estimate of drug-likeness (QED) is 0.903. The van der Waals surface area contributed by atoms with E-state index in [1.807, 2.05) is 32.0 Å². The van der Waals surface area contributed by atoms with Gasteiger partial charge in [0.2, 0.25) is 0 Å². The molecule has 1 heterocycles. The molecule has 2 aromatic rings. The maximum absolute atomic E-state index is 11.7. The number of anilines is 1. The van der Waals surface area contributed by atoms with Gasteiger partial charge in [-0.1, -0.05) is 18.3 Å². The van der Waals surface area contributed by atoms with Crippen molar-refractivity contribution in [3.8, 4) is 0 Å². The fourth-order valence-corrected chi connectivity index (χ4v) is 2.85. The summed E-state index contributed by atoms with van der Waals surface area (Å²) in [6.07, 6.45) is 0.896. The molecule has 0 fully saturated rings. The molecule has 0 aliphatic rings. The summed E-state index contributed by atoms with van der Waals surface area (Å²) >= 11 is 1.20. The number of carbonyl (C=O) groups excluding carboxylic acids is 1. The zero-order valence-electron chi connectivity index (χ0n) is 11.0. The van der Waals surface area contributed by atoms with Gasteiger partial charge < -0.3 is 10.6 Å². The van der Waals surface area contributed by atoms with E-state index < -0.39 is 0 Å². The summed E-state index contributed by atoms with van der Waals surface area (Å²) in [4.78, 5) is 23.3. The number of nitrogens with zero attached hydrogens (tertiary/aromatic N) is 1. The van der Waals surface area contributed by atoms with E-state index >= 15 is 0 Å². The number of aromatic nitrogens is 1. The first-order valence-corrected chi connectivity index (χ1v) is 7.15.